The average molecular weight is 407 g/mol. The fourth-order valence-electron chi connectivity index (χ4n) is 3.38. The molecule has 1 amide bonds. The smallest absolute Gasteiger partial charge is 0.410 e. The summed E-state index contributed by atoms with van der Waals surface area (Å²) in [5, 5.41) is 23.5. The van der Waals surface area contributed by atoms with E-state index >= 15 is 0 Å². The molecule has 6 nitrogen and oxygen atoms in total. The Labute approximate surface area is 171 Å². The maximum atomic E-state index is 12.7. The number of halogens is 1. The van der Waals surface area contributed by atoms with Crippen molar-refractivity contribution in [3.8, 4) is 11.5 Å². The van der Waals surface area contributed by atoms with E-state index in [1.165, 1.54) is 6.07 Å². The van der Waals surface area contributed by atoms with Gasteiger partial charge < -0.3 is 25.2 Å². The zero-order chi connectivity index (χ0) is 19.4. The number of fused-ring (bicyclic) bond motifs is 1. The van der Waals surface area contributed by atoms with Gasteiger partial charge in [-0.05, 0) is 44.0 Å². The highest BCUT2D eigenvalue weighted by Gasteiger charge is 2.29. The lowest BCUT2D eigenvalue weighted by molar-refractivity contribution is 0.0810. The molecule has 1 unspecified atom stereocenters. The molecule has 2 aromatic rings. The van der Waals surface area contributed by atoms with Crippen LogP contribution in [0, 0.1) is 0 Å². The summed E-state index contributed by atoms with van der Waals surface area (Å²) in [7, 11) is 0. The highest BCUT2D eigenvalue weighted by molar-refractivity contribution is 5.85. The second kappa shape index (κ2) is 9.66. The third-order valence-corrected chi connectivity index (χ3v) is 4.86. The van der Waals surface area contributed by atoms with E-state index in [1.807, 2.05) is 50.2 Å². The first-order valence-corrected chi connectivity index (χ1v) is 9.21. The Kier molecular flexibility index (Phi) is 7.54. The largest absolute Gasteiger partial charge is 0.504 e. The van der Waals surface area contributed by atoms with Gasteiger partial charge in [-0.25, -0.2) is 4.79 Å². The number of nitrogens with zero attached hydrogens (tertiary/aromatic N) is 1. The second-order valence-corrected chi connectivity index (χ2v) is 7.05. The molecule has 1 aliphatic rings. The summed E-state index contributed by atoms with van der Waals surface area (Å²) < 4.78 is 5.48. The van der Waals surface area contributed by atoms with Crippen LogP contribution in [0.5, 0.6) is 11.5 Å². The predicted octanol–water partition coefficient (Wildman–Crippen LogP) is 3.75. The Morgan fingerprint density at radius 3 is 2.61 bits per heavy atom. The van der Waals surface area contributed by atoms with Crippen LogP contribution in [0.1, 0.15) is 36.6 Å². The predicted molar refractivity (Wildman–Crippen MR) is 110 cm³/mol. The monoisotopic (exact) mass is 406 g/mol. The van der Waals surface area contributed by atoms with Gasteiger partial charge in [-0.3, -0.25) is 0 Å². The van der Waals surface area contributed by atoms with Crippen LogP contribution in [0.3, 0.4) is 0 Å². The lowest BCUT2D eigenvalue weighted by atomic mass is 9.92. The normalized spacial score (nSPS) is 15.5. The van der Waals surface area contributed by atoms with Gasteiger partial charge in [0.1, 0.15) is 6.61 Å². The number of nitrogens with one attached hydrogen (secondary N) is 1. The topological polar surface area (TPSA) is 82.0 Å². The molecule has 1 aliphatic heterocycles. The van der Waals surface area contributed by atoms with Crippen LogP contribution in [0.15, 0.2) is 42.5 Å². The van der Waals surface area contributed by atoms with E-state index in [2.05, 4.69) is 5.32 Å². The fraction of sp³-hybridized carbons (Fsp3) is 0.381. The molecule has 7 heteroatoms. The van der Waals surface area contributed by atoms with E-state index in [0.717, 1.165) is 24.1 Å². The minimum atomic E-state index is -0.401. The van der Waals surface area contributed by atoms with E-state index < -0.39 is 6.09 Å². The summed E-state index contributed by atoms with van der Waals surface area (Å²) in [5.41, 5.74) is 2.57. The Morgan fingerprint density at radius 2 is 1.93 bits per heavy atom. The first-order chi connectivity index (χ1) is 13.0. The Morgan fingerprint density at radius 1 is 1.21 bits per heavy atom. The van der Waals surface area contributed by atoms with Gasteiger partial charge in [0.15, 0.2) is 11.5 Å². The number of carbonyl (C=O) groups excluding carboxylic acids is 1. The number of benzene rings is 2. The lowest BCUT2D eigenvalue weighted by Crippen LogP contribution is -2.45. The molecular formula is C21H27ClN2O4. The molecule has 0 aliphatic carbocycles. The summed E-state index contributed by atoms with van der Waals surface area (Å²) in [6.07, 6.45) is 0.363. The number of aromatic hydroxyl groups is 2. The molecule has 0 bridgehead atoms. The summed E-state index contributed by atoms with van der Waals surface area (Å²) in [6, 6.07) is 12.5. The molecule has 152 valence electrons. The number of amides is 1. The Hall–Kier alpha value is -2.44. The average Bonchev–Trinajstić information content (AvgIpc) is 2.67. The number of hydrogen-bond acceptors (Lipinski definition) is 5. The third-order valence-electron chi connectivity index (χ3n) is 4.86. The molecule has 28 heavy (non-hydrogen) atoms. The Bertz CT molecular complexity index is 798. The molecule has 0 saturated carbocycles. The summed E-state index contributed by atoms with van der Waals surface area (Å²) in [6.45, 7) is 5.15. The van der Waals surface area contributed by atoms with E-state index in [4.69, 9.17) is 4.74 Å². The van der Waals surface area contributed by atoms with Crippen LogP contribution in [-0.2, 0) is 17.8 Å². The van der Waals surface area contributed by atoms with E-state index in [9.17, 15) is 15.0 Å². The maximum Gasteiger partial charge on any atom is 0.410 e. The Balaban J connectivity index is 0.00000280. The van der Waals surface area contributed by atoms with Crippen molar-refractivity contribution in [2.24, 2.45) is 0 Å². The van der Waals surface area contributed by atoms with E-state index in [1.54, 1.807) is 4.90 Å². The van der Waals surface area contributed by atoms with Crippen LogP contribution in [0.2, 0.25) is 0 Å². The quantitative estimate of drug-likeness (QED) is 0.659. The zero-order valence-corrected chi connectivity index (χ0v) is 16.9. The number of phenolic OH excluding ortho intramolecular Hbond substituents is 2. The van der Waals surface area contributed by atoms with Crippen molar-refractivity contribution in [3.63, 3.8) is 0 Å². The number of ether oxygens (including phenoxy) is 1. The van der Waals surface area contributed by atoms with Crippen molar-refractivity contribution in [3.05, 3.63) is 59.2 Å². The van der Waals surface area contributed by atoms with Gasteiger partial charge in [-0.2, -0.15) is 0 Å². The van der Waals surface area contributed by atoms with Crippen molar-refractivity contribution in [2.45, 2.75) is 39.0 Å². The highest BCUT2D eigenvalue weighted by atomic mass is 35.5. The first-order valence-electron chi connectivity index (χ1n) is 9.21. The maximum absolute atomic E-state index is 12.7. The fourth-order valence-corrected chi connectivity index (χ4v) is 3.38. The number of carbonyl (C=O) groups is 1. The van der Waals surface area contributed by atoms with Crippen LogP contribution < -0.4 is 5.32 Å². The van der Waals surface area contributed by atoms with Crippen molar-refractivity contribution >= 4 is 18.5 Å². The van der Waals surface area contributed by atoms with Crippen molar-refractivity contribution in [1.29, 1.82) is 0 Å². The molecule has 3 rings (SSSR count). The molecule has 0 aromatic heterocycles. The van der Waals surface area contributed by atoms with Crippen molar-refractivity contribution in [1.82, 2.24) is 10.2 Å². The van der Waals surface area contributed by atoms with Gasteiger partial charge in [-0.1, -0.05) is 36.4 Å². The van der Waals surface area contributed by atoms with Crippen LogP contribution in [0.4, 0.5) is 4.79 Å². The molecule has 0 spiro atoms. The minimum absolute atomic E-state index is 0. The van der Waals surface area contributed by atoms with Crippen LogP contribution in [-0.4, -0.2) is 40.3 Å². The van der Waals surface area contributed by atoms with Crippen LogP contribution >= 0.6 is 12.4 Å². The third kappa shape index (κ3) is 4.88. The molecule has 3 N–H and O–H groups in total. The molecule has 0 saturated heterocycles. The van der Waals surface area contributed by atoms with Gasteiger partial charge in [0.05, 0.1) is 6.04 Å². The summed E-state index contributed by atoms with van der Waals surface area (Å²) in [4.78, 5) is 14.3. The standard InChI is InChI=1S/C21H26N2O4.ClH/c1-14(2)23(21(26)27-13-15-6-4-3-5-7-15)12-17-19-16(10-11-22-17)8-9-18(24)20(19)25;/h3-9,14,17,22,24-25H,10-13H2,1-2H3;1H. The van der Waals surface area contributed by atoms with Crippen LogP contribution in [0.25, 0.3) is 0 Å². The number of hydrogen-bond donors (Lipinski definition) is 3. The summed E-state index contributed by atoms with van der Waals surface area (Å²) in [5.74, 6) is -0.267. The van der Waals surface area contributed by atoms with Crippen molar-refractivity contribution in [2.75, 3.05) is 13.1 Å². The highest BCUT2D eigenvalue weighted by Crippen LogP contribution is 2.38. The van der Waals surface area contributed by atoms with Crippen molar-refractivity contribution < 1.29 is 19.7 Å². The second-order valence-electron chi connectivity index (χ2n) is 7.05. The lowest BCUT2D eigenvalue weighted by Gasteiger charge is -2.34. The number of phenols is 2. The summed E-state index contributed by atoms with van der Waals surface area (Å²) >= 11 is 0. The molecule has 0 radical (unpaired) electrons. The van der Waals surface area contributed by atoms with E-state index in [0.29, 0.717) is 12.1 Å². The molecule has 1 atom stereocenters. The minimum Gasteiger partial charge on any atom is -0.504 e. The zero-order valence-electron chi connectivity index (χ0n) is 16.1. The SMILES string of the molecule is CC(C)N(CC1NCCc2ccc(O)c(O)c21)C(=O)OCc1ccccc1.Cl. The molecule has 2 aromatic carbocycles. The molecule has 0 fully saturated rings. The van der Waals surface area contributed by atoms with Gasteiger partial charge in [0, 0.05) is 18.2 Å². The molecular weight excluding hydrogens is 380 g/mol. The first kappa shape index (κ1) is 21.9. The van der Waals surface area contributed by atoms with Gasteiger partial charge in [-0.15, -0.1) is 12.4 Å². The molecule has 1 heterocycles. The number of rotatable bonds is 5. The van der Waals surface area contributed by atoms with Gasteiger partial charge >= 0.3 is 6.09 Å². The van der Waals surface area contributed by atoms with Gasteiger partial charge in [0.25, 0.3) is 0 Å². The van der Waals surface area contributed by atoms with Gasteiger partial charge in [0.2, 0.25) is 0 Å². The van der Waals surface area contributed by atoms with E-state index in [-0.39, 0.29) is 42.6 Å².